The molecular formula is C14H30N2S. The highest BCUT2D eigenvalue weighted by Crippen LogP contribution is 2.22. The van der Waals surface area contributed by atoms with Gasteiger partial charge in [0.15, 0.2) is 0 Å². The minimum atomic E-state index is 0.365. The summed E-state index contributed by atoms with van der Waals surface area (Å²) in [6.45, 7) is 10.7. The van der Waals surface area contributed by atoms with Crippen LogP contribution < -0.4 is 5.32 Å². The van der Waals surface area contributed by atoms with Crippen LogP contribution in [0.4, 0.5) is 0 Å². The van der Waals surface area contributed by atoms with Crippen LogP contribution in [0.15, 0.2) is 0 Å². The second-order valence-electron chi connectivity index (χ2n) is 5.37. The smallest absolute Gasteiger partial charge is 0.0303 e. The van der Waals surface area contributed by atoms with Crippen molar-refractivity contribution in [3.05, 3.63) is 0 Å². The lowest BCUT2D eigenvalue weighted by atomic mass is 9.92. The van der Waals surface area contributed by atoms with Crippen LogP contribution in [0.5, 0.6) is 0 Å². The third-order valence-corrected chi connectivity index (χ3v) is 4.99. The zero-order valence-corrected chi connectivity index (χ0v) is 12.9. The van der Waals surface area contributed by atoms with Crippen molar-refractivity contribution >= 4 is 11.8 Å². The maximum Gasteiger partial charge on any atom is 0.0303 e. The fraction of sp³-hybridized carbons (Fsp3) is 1.00. The Hall–Kier alpha value is 0.270. The van der Waals surface area contributed by atoms with E-state index in [1.165, 1.54) is 51.1 Å². The van der Waals surface area contributed by atoms with Gasteiger partial charge in [-0.2, -0.15) is 11.8 Å². The molecular weight excluding hydrogens is 228 g/mol. The normalized spacial score (nSPS) is 23.3. The van der Waals surface area contributed by atoms with Crippen molar-refractivity contribution in [3.8, 4) is 0 Å². The Bertz CT molecular complexity index is 204. The van der Waals surface area contributed by atoms with E-state index in [9.17, 15) is 0 Å². The molecule has 1 saturated heterocycles. The first-order valence-corrected chi connectivity index (χ1v) is 8.55. The van der Waals surface area contributed by atoms with Crippen LogP contribution in [0.25, 0.3) is 0 Å². The van der Waals surface area contributed by atoms with Crippen molar-refractivity contribution in [1.82, 2.24) is 10.2 Å². The Labute approximate surface area is 112 Å². The highest BCUT2D eigenvalue weighted by molar-refractivity contribution is 7.98. The molecule has 0 aromatic heterocycles. The number of nitrogens with one attached hydrogen (secondary N) is 1. The summed E-state index contributed by atoms with van der Waals surface area (Å²) >= 11 is 1.97. The van der Waals surface area contributed by atoms with Crippen LogP contribution in [-0.4, -0.2) is 48.1 Å². The number of nitrogens with zero attached hydrogens (tertiary/aromatic N) is 1. The quantitative estimate of drug-likeness (QED) is 0.788. The van der Waals surface area contributed by atoms with Gasteiger partial charge in [0.1, 0.15) is 0 Å². The molecule has 1 heterocycles. The first kappa shape index (κ1) is 15.3. The van der Waals surface area contributed by atoms with Gasteiger partial charge >= 0.3 is 0 Å². The average Bonchev–Trinajstić information content (AvgIpc) is 2.59. The SMILES string of the molecule is CCC1(CC)CN(C(C)CCSC)CCCN1. The molecule has 0 aliphatic carbocycles. The summed E-state index contributed by atoms with van der Waals surface area (Å²) in [6, 6.07) is 0.736. The molecule has 2 nitrogen and oxygen atoms in total. The van der Waals surface area contributed by atoms with Gasteiger partial charge in [-0.05, 0) is 57.7 Å². The maximum atomic E-state index is 3.79. The molecule has 0 aromatic rings. The highest BCUT2D eigenvalue weighted by Gasteiger charge is 2.31. The van der Waals surface area contributed by atoms with E-state index < -0.39 is 0 Å². The van der Waals surface area contributed by atoms with E-state index in [1.54, 1.807) is 0 Å². The zero-order valence-electron chi connectivity index (χ0n) is 12.1. The van der Waals surface area contributed by atoms with Crippen LogP contribution in [0.2, 0.25) is 0 Å². The fourth-order valence-corrected chi connectivity index (χ4v) is 3.31. The van der Waals surface area contributed by atoms with Gasteiger partial charge in [-0.25, -0.2) is 0 Å². The van der Waals surface area contributed by atoms with Gasteiger partial charge in [-0.15, -0.1) is 0 Å². The molecule has 17 heavy (non-hydrogen) atoms. The predicted octanol–water partition coefficient (Wildman–Crippen LogP) is 2.98. The van der Waals surface area contributed by atoms with E-state index in [0.29, 0.717) is 5.54 Å². The molecule has 1 aliphatic rings. The molecule has 3 heteroatoms. The summed E-state index contributed by atoms with van der Waals surface area (Å²) in [6.07, 6.45) is 7.32. The molecule has 0 radical (unpaired) electrons. The fourth-order valence-electron chi connectivity index (χ4n) is 2.73. The molecule has 1 N–H and O–H groups in total. The highest BCUT2D eigenvalue weighted by atomic mass is 32.2. The monoisotopic (exact) mass is 258 g/mol. The minimum absolute atomic E-state index is 0.365. The molecule has 1 rings (SSSR count). The predicted molar refractivity (Wildman–Crippen MR) is 80.0 cm³/mol. The van der Waals surface area contributed by atoms with Gasteiger partial charge in [0.25, 0.3) is 0 Å². The molecule has 0 saturated carbocycles. The van der Waals surface area contributed by atoms with Gasteiger partial charge in [0, 0.05) is 18.1 Å². The van der Waals surface area contributed by atoms with Crippen molar-refractivity contribution in [2.24, 2.45) is 0 Å². The Morgan fingerprint density at radius 3 is 2.65 bits per heavy atom. The second kappa shape index (κ2) is 7.65. The topological polar surface area (TPSA) is 15.3 Å². The Morgan fingerprint density at radius 1 is 1.35 bits per heavy atom. The van der Waals surface area contributed by atoms with Crippen molar-refractivity contribution in [1.29, 1.82) is 0 Å². The Balaban J connectivity index is 2.58. The van der Waals surface area contributed by atoms with Gasteiger partial charge in [0.05, 0.1) is 0 Å². The van der Waals surface area contributed by atoms with E-state index in [2.05, 4.69) is 37.2 Å². The summed E-state index contributed by atoms with van der Waals surface area (Å²) in [5, 5.41) is 3.79. The van der Waals surface area contributed by atoms with Crippen LogP contribution in [0.1, 0.15) is 46.5 Å². The Kier molecular flexibility index (Phi) is 6.90. The molecule has 0 bridgehead atoms. The zero-order chi connectivity index (χ0) is 12.7. The average molecular weight is 258 g/mol. The van der Waals surface area contributed by atoms with Crippen molar-refractivity contribution in [3.63, 3.8) is 0 Å². The molecule has 0 spiro atoms. The minimum Gasteiger partial charge on any atom is -0.310 e. The second-order valence-corrected chi connectivity index (χ2v) is 6.35. The first-order valence-electron chi connectivity index (χ1n) is 7.15. The van der Waals surface area contributed by atoms with Crippen molar-refractivity contribution < 1.29 is 0 Å². The molecule has 0 amide bonds. The molecule has 1 unspecified atom stereocenters. The van der Waals surface area contributed by atoms with E-state index in [4.69, 9.17) is 0 Å². The van der Waals surface area contributed by atoms with Gasteiger partial charge in [-0.1, -0.05) is 13.8 Å². The van der Waals surface area contributed by atoms with E-state index in [-0.39, 0.29) is 0 Å². The lowest BCUT2D eigenvalue weighted by molar-refractivity contribution is 0.154. The number of hydrogen-bond donors (Lipinski definition) is 1. The van der Waals surface area contributed by atoms with E-state index in [1.807, 2.05) is 11.8 Å². The van der Waals surface area contributed by atoms with Gasteiger partial charge < -0.3 is 5.32 Å². The molecule has 1 atom stereocenters. The maximum absolute atomic E-state index is 3.79. The summed E-state index contributed by atoms with van der Waals surface area (Å²) < 4.78 is 0. The van der Waals surface area contributed by atoms with E-state index in [0.717, 1.165) is 6.04 Å². The van der Waals surface area contributed by atoms with Crippen molar-refractivity contribution in [2.75, 3.05) is 31.6 Å². The van der Waals surface area contributed by atoms with Gasteiger partial charge in [-0.3, -0.25) is 4.90 Å². The summed E-state index contributed by atoms with van der Waals surface area (Å²) in [4.78, 5) is 2.71. The van der Waals surface area contributed by atoms with Crippen LogP contribution in [0, 0.1) is 0 Å². The standard InChI is InChI=1S/C14H30N2S/c1-5-14(6-2)12-16(10-7-9-15-14)13(3)8-11-17-4/h13,15H,5-12H2,1-4H3. The third kappa shape index (κ3) is 4.46. The summed E-state index contributed by atoms with van der Waals surface area (Å²) in [5.74, 6) is 1.29. The molecule has 1 aliphatic heterocycles. The van der Waals surface area contributed by atoms with Crippen LogP contribution >= 0.6 is 11.8 Å². The number of hydrogen-bond acceptors (Lipinski definition) is 3. The Morgan fingerprint density at radius 2 is 2.06 bits per heavy atom. The largest absolute Gasteiger partial charge is 0.310 e. The third-order valence-electron chi connectivity index (χ3n) is 4.34. The molecule has 1 fully saturated rings. The molecule has 102 valence electrons. The van der Waals surface area contributed by atoms with Crippen molar-refractivity contribution in [2.45, 2.75) is 58.0 Å². The number of thioether (sulfide) groups is 1. The van der Waals surface area contributed by atoms with Crippen LogP contribution in [-0.2, 0) is 0 Å². The van der Waals surface area contributed by atoms with Crippen LogP contribution in [0.3, 0.4) is 0 Å². The summed E-state index contributed by atoms with van der Waals surface area (Å²) in [5.41, 5.74) is 0.365. The van der Waals surface area contributed by atoms with Gasteiger partial charge in [0.2, 0.25) is 0 Å². The first-order chi connectivity index (χ1) is 8.17. The lowest BCUT2D eigenvalue weighted by Gasteiger charge is -2.38. The summed E-state index contributed by atoms with van der Waals surface area (Å²) in [7, 11) is 0. The lowest BCUT2D eigenvalue weighted by Crippen LogP contribution is -2.52. The molecule has 0 aromatic carbocycles. The number of rotatable bonds is 6. The van der Waals surface area contributed by atoms with E-state index >= 15 is 0 Å².